The van der Waals surface area contributed by atoms with Crippen LogP contribution in [0.25, 0.3) is 0 Å². The van der Waals surface area contributed by atoms with Gasteiger partial charge in [0.25, 0.3) is 0 Å². The summed E-state index contributed by atoms with van der Waals surface area (Å²) in [6.45, 7) is 0. The molecule has 2 aromatic rings. The number of Topliss-reactive ketones (excluding diaryl/α,β-unsaturated/α-hetero) is 1. The molecule has 17 heavy (non-hydrogen) atoms. The summed E-state index contributed by atoms with van der Waals surface area (Å²) in [6, 6.07) is 5.62. The van der Waals surface area contributed by atoms with Gasteiger partial charge in [0.1, 0.15) is 5.82 Å². The minimum Gasteiger partial charge on any atom is -0.293 e. The van der Waals surface area contributed by atoms with Crippen molar-refractivity contribution in [1.29, 1.82) is 0 Å². The topological polar surface area (TPSA) is 60.7 Å². The van der Waals surface area contributed by atoms with Gasteiger partial charge < -0.3 is 0 Å². The Kier molecular flexibility index (Phi) is 3.48. The van der Waals surface area contributed by atoms with Crippen molar-refractivity contribution in [1.82, 2.24) is 20.2 Å². The molecule has 1 aromatic carbocycles. The molecular formula is C10H9FN4OS. The monoisotopic (exact) mass is 252 g/mol. The van der Waals surface area contributed by atoms with Crippen LogP contribution in [0.3, 0.4) is 0 Å². The molecule has 1 aromatic heterocycles. The summed E-state index contributed by atoms with van der Waals surface area (Å²) in [5, 5.41) is 11.4. The van der Waals surface area contributed by atoms with Gasteiger partial charge in [0.05, 0.1) is 5.75 Å². The van der Waals surface area contributed by atoms with Gasteiger partial charge in [-0.1, -0.05) is 23.9 Å². The molecule has 0 amide bonds. The van der Waals surface area contributed by atoms with Crippen LogP contribution < -0.4 is 0 Å². The number of nitrogens with zero attached hydrogens (tertiary/aromatic N) is 4. The average molecular weight is 252 g/mol. The first-order valence-electron chi connectivity index (χ1n) is 4.81. The first-order chi connectivity index (χ1) is 8.16. The molecule has 0 bridgehead atoms. The quantitative estimate of drug-likeness (QED) is 0.606. The number of hydrogen-bond donors (Lipinski definition) is 0. The van der Waals surface area contributed by atoms with E-state index in [9.17, 15) is 9.18 Å². The molecule has 0 saturated carbocycles. The van der Waals surface area contributed by atoms with Gasteiger partial charge >= 0.3 is 0 Å². The largest absolute Gasteiger partial charge is 0.293 e. The highest BCUT2D eigenvalue weighted by Crippen LogP contribution is 2.15. The normalized spacial score (nSPS) is 10.5. The molecule has 0 spiro atoms. The summed E-state index contributed by atoms with van der Waals surface area (Å²) in [4.78, 5) is 11.7. The molecule has 0 saturated heterocycles. The number of aromatic nitrogens is 4. The molecular weight excluding hydrogens is 243 g/mol. The van der Waals surface area contributed by atoms with Crippen molar-refractivity contribution in [2.45, 2.75) is 5.16 Å². The maximum absolute atomic E-state index is 12.9. The molecule has 0 fully saturated rings. The van der Waals surface area contributed by atoms with E-state index in [0.717, 1.165) is 0 Å². The number of rotatable bonds is 4. The molecule has 7 heteroatoms. The molecule has 0 N–H and O–H groups in total. The second kappa shape index (κ2) is 5.05. The predicted octanol–water partition coefficient (Wildman–Crippen LogP) is 1.32. The molecule has 5 nitrogen and oxygen atoms in total. The first kappa shape index (κ1) is 11.7. The van der Waals surface area contributed by atoms with Gasteiger partial charge in [0, 0.05) is 12.6 Å². The molecule has 0 unspecified atom stereocenters. The predicted molar refractivity (Wildman–Crippen MR) is 60.3 cm³/mol. The van der Waals surface area contributed by atoms with Gasteiger partial charge in [-0.2, -0.15) is 0 Å². The third-order valence-electron chi connectivity index (χ3n) is 2.06. The summed E-state index contributed by atoms with van der Waals surface area (Å²) in [5.74, 6) is -0.392. The highest BCUT2D eigenvalue weighted by molar-refractivity contribution is 7.99. The smallest absolute Gasteiger partial charge is 0.209 e. The standard InChI is InChI=1S/C10H9FN4OS/c1-15-10(12-13-14-15)17-6-9(16)7-3-2-4-8(11)5-7/h2-5H,6H2,1H3. The first-order valence-corrected chi connectivity index (χ1v) is 5.79. The Morgan fingerprint density at radius 1 is 1.53 bits per heavy atom. The molecule has 1 heterocycles. The minimum atomic E-state index is -0.416. The van der Waals surface area contributed by atoms with Gasteiger partial charge in [-0.25, -0.2) is 9.07 Å². The second-order valence-corrected chi connectivity index (χ2v) is 4.25. The fourth-order valence-corrected chi connectivity index (χ4v) is 1.96. The second-order valence-electron chi connectivity index (χ2n) is 3.31. The van der Waals surface area contributed by atoms with Crippen molar-refractivity contribution in [3.05, 3.63) is 35.6 Å². The van der Waals surface area contributed by atoms with Gasteiger partial charge in [-0.05, 0) is 22.6 Å². The van der Waals surface area contributed by atoms with E-state index in [2.05, 4.69) is 15.5 Å². The van der Waals surface area contributed by atoms with Crippen LogP contribution in [0.5, 0.6) is 0 Å². The van der Waals surface area contributed by atoms with Crippen LogP contribution in [0, 0.1) is 5.82 Å². The maximum Gasteiger partial charge on any atom is 0.209 e. The van der Waals surface area contributed by atoms with E-state index in [-0.39, 0.29) is 11.5 Å². The van der Waals surface area contributed by atoms with E-state index < -0.39 is 5.82 Å². The number of tetrazole rings is 1. The number of hydrogen-bond acceptors (Lipinski definition) is 5. The lowest BCUT2D eigenvalue weighted by Gasteiger charge is -2.00. The van der Waals surface area contributed by atoms with Crippen molar-refractivity contribution >= 4 is 17.5 Å². The van der Waals surface area contributed by atoms with E-state index in [1.807, 2.05) is 0 Å². The number of ketones is 1. The number of carbonyl (C=O) groups excluding carboxylic acids is 1. The summed E-state index contributed by atoms with van der Waals surface area (Å²) >= 11 is 1.22. The van der Waals surface area contributed by atoms with E-state index >= 15 is 0 Å². The fraction of sp³-hybridized carbons (Fsp3) is 0.200. The Bertz CT molecular complexity index is 543. The van der Waals surface area contributed by atoms with Crippen molar-refractivity contribution in [3.8, 4) is 0 Å². The zero-order chi connectivity index (χ0) is 12.3. The van der Waals surface area contributed by atoms with Crippen molar-refractivity contribution < 1.29 is 9.18 Å². The molecule has 0 radical (unpaired) electrons. The van der Waals surface area contributed by atoms with Crippen LogP contribution in [0.1, 0.15) is 10.4 Å². The number of aryl methyl sites for hydroxylation is 1. The lowest BCUT2D eigenvalue weighted by Crippen LogP contribution is -2.04. The van der Waals surface area contributed by atoms with Crippen molar-refractivity contribution in [2.75, 3.05) is 5.75 Å². The highest BCUT2D eigenvalue weighted by Gasteiger charge is 2.10. The van der Waals surface area contributed by atoms with Crippen LogP contribution in [0.15, 0.2) is 29.4 Å². The maximum atomic E-state index is 12.9. The highest BCUT2D eigenvalue weighted by atomic mass is 32.2. The van der Waals surface area contributed by atoms with Crippen LogP contribution in [-0.4, -0.2) is 31.7 Å². The molecule has 0 aliphatic heterocycles. The van der Waals surface area contributed by atoms with E-state index in [4.69, 9.17) is 0 Å². The van der Waals surface area contributed by atoms with E-state index in [0.29, 0.717) is 10.7 Å². The van der Waals surface area contributed by atoms with Gasteiger partial charge in [-0.3, -0.25) is 4.79 Å². The van der Waals surface area contributed by atoms with Gasteiger partial charge in [-0.15, -0.1) is 5.10 Å². The molecule has 0 atom stereocenters. The van der Waals surface area contributed by atoms with E-state index in [1.165, 1.54) is 34.6 Å². The molecule has 0 aliphatic carbocycles. The van der Waals surface area contributed by atoms with Gasteiger partial charge in [0.2, 0.25) is 5.16 Å². The van der Waals surface area contributed by atoms with Gasteiger partial charge in [0.15, 0.2) is 5.78 Å². The average Bonchev–Trinajstić information content (AvgIpc) is 2.72. The third kappa shape index (κ3) is 2.88. The summed E-state index contributed by atoms with van der Waals surface area (Å²) in [6.07, 6.45) is 0. The third-order valence-corrected chi connectivity index (χ3v) is 3.07. The van der Waals surface area contributed by atoms with Crippen LogP contribution in [0.4, 0.5) is 4.39 Å². The van der Waals surface area contributed by atoms with Crippen LogP contribution >= 0.6 is 11.8 Å². The summed E-state index contributed by atoms with van der Waals surface area (Å²) in [5.41, 5.74) is 0.354. The molecule has 2 rings (SSSR count). The molecule has 88 valence electrons. The Morgan fingerprint density at radius 3 is 3.00 bits per heavy atom. The number of carbonyl (C=O) groups is 1. The Balaban J connectivity index is 2.01. The number of halogens is 1. The van der Waals surface area contributed by atoms with Crippen LogP contribution in [-0.2, 0) is 7.05 Å². The summed E-state index contributed by atoms with van der Waals surface area (Å²) in [7, 11) is 1.69. The Morgan fingerprint density at radius 2 is 2.35 bits per heavy atom. The number of benzene rings is 1. The van der Waals surface area contributed by atoms with Crippen LogP contribution in [0.2, 0.25) is 0 Å². The fourth-order valence-electron chi connectivity index (χ4n) is 1.22. The number of thioether (sulfide) groups is 1. The SMILES string of the molecule is Cn1nnnc1SCC(=O)c1cccc(F)c1. The molecule has 0 aliphatic rings. The van der Waals surface area contributed by atoms with E-state index in [1.54, 1.807) is 13.1 Å². The lowest BCUT2D eigenvalue weighted by atomic mass is 10.1. The Hall–Kier alpha value is -1.76. The summed E-state index contributed by atoms with van der Waals surface area (Å²) < 4.78 is 14.4. The minimum absolute atomic E-state index is 0.155. The lowest BCUT2D eigenvalue weighted by molar-refractivity contribution is 0.102. The Labute approximate surface area is 101 Å². The zero-order valence-electron chi connectivity index (χ0n) is 9.00. The zero-order valence-corrected chi connectivity index (χ0v) is 9.82. The van der Waals surface area contributed by atoms with Crippen molar-refractivity contribution in [2.24, 2.45) is 7.05 Å². The van der Waals surface area contributed by atoms with Crippen molar-refractivity contribution in [3.63, 3.8) is 0 Å².